The maximum atomic E-state index is 11.7. The number of carbonyl (C=O) groups excluding carboxylic acids is 2. The molecule has 1 fully saturated rings. The molecule has 0 aliphatic carbocycles. The van der Waals surface area contributed by atoms with Gasteiger partial charge in [0.15, 0.2) is 12.2 Å². The van der Waals surface area contributed by atoms with E-state index >= 15 is 0 Å². The van der Waals surface area contributed by atoms with Gasteiger partial charge in [-0.25, -0.2) is 4.79 Å². The van der Waals surface area contributed by atoms with Gasteiger partial charge in [0.25, 0.3) is 5.91 Å². The molecule has 1 aliphatic heterocycles. The number of epoxide rings is 1. The molecule has 1 aromatic rings. The Labute approximate surface area is 105 Å². The highest BCUT2D eigenvalue weighted by Crippen LogP contribution is 2.23. The largest absolute Gasteiger partial charge is 0.464 e. The van der Waals surface area contributed by atoms with E-state index in [4.69, 9.17) is 9.47 Å². The molecule has 1 N–H and O–H groups in total. The van der Waals surface area contributed by atoms with E-state index in [2.05, 4.69) is 5.32 Å². The van der Waals surface area contributed by atoms with Crippen molar-refractivity contribution >= 4 is 11.9 Å². The molecule has 1 aromatic carbocycles. The van der Waals surface area contributed by atoms with Crippen LogP contribution in [0.1, 0.15) is 12.5 Å². The Hall–Kier alpha value is -1.88. The number of benzene rings is 1. The molecule has 0 bridgehead atoms. The Morgan fingerprint density at radius 2 is 2.00 bits per heavy atom. The minimum atomic E-state index is -0.735. The number of nitrogens with one attached hydrogen (secondary N) is 1. The Bertz CT molecular complexity index is 432. The lowest BCUT2D eigenvalue weighted by Crippen LogP contribution is -2.30. The summed E-state index contributed by atoms with van der Waals surface area (Å²) in [5.41, 5.74) is 0.999. The maximum Gasteiger partial charge on any atom is 0.338 e. The van der Waals surface area contributed by atoms with Crippen LogP contribution in [-0.2, 0) is 25.6 Å². The lowest BCUT2D eigenvalue weighted by Gasteiger charge is -2.02. The van der Waals surface area contributed by atoms with Crippen molar-refractivity contribution in [3.63, 3.8) is 0 Å². The standard InChI is InChI=1S/C13H15NO4/c1-2-17-13(16)11-10(18-11)12(15)14-8-9-6-4-3-5-7-9/h3-7,10-11H,2,8H2,1H3,(H,14,15). The average molecular weight is 249 g/mol. The highest BCUT2D eigenvalue weighted by Gasteiger charge is 2.51. The first-order valence-corrected chi connectivity index (χ1v) is 5.86. The summed E-state index contributed by atoms with van der Waals surface area (Å²) in [6, 6.07) is 9.53. The minimum Gasteiger partial charge on any atom is -0.464 e. The summed E-state index contributed by atoms with van der Waals surface area (Å²) >= 11 is 0. The molecular formula is C13H15NO4. The van der Waals surface area contributed by atoms with Gasteiger partial charge in [0.1, 0.15) is 0 Å². The van der Waals surface area contributed by atoms with Crippen molar-refractivity contribution in [2.24, 2.45) is 0 Å². The molecule has 18 heavy (non-hydrogen) atoms. The monoisotopic (exact) mass is 249 g/mol. The second-order valence-electron chi connectivity index (χ2n) is 3.93. The van der Waals surface area contributed by atoms with Crippen molar-refractivity contribution in [3.8, 4) is 0 Å². The fourth-order valence-electron chi connectivity index (χ4n) is 1.60. The van der Waals surface area contributed by atoms with Crippen molar-refractivity contribution in [1.82, 2.24) is 5.32 Å². The zero-order valence-corrected chi connectivity index (χ0v) is 10.1. The maximum absolute atomic E-state index is 11.7. The van der Waals surface area contributed by atoms with Crippen LogP contribution in [0.3, 0.4) is 0 Å². The molecule has 1 heterocycles. The summed E-state index contributed by atoms with van der Waals surface area (Å²) in [5.74, 6) is -0.755. The van der Waals surface area contributed by atoms with E-state index in [1.807, 2.05) is 30.3 Å². The van der Waals surface area contributed by atoms with Crippen LogP contribution in [0.15, 0.2) is 30.3 Å². The molecular weight excluding hydrogens is 234 g/mol. The molecule has 0 saturated carbocycles. The summed E-state index contributed by atoms with van der Waals surface area (Å²) in [5, 5.41) is 2.72. The normalized spacial score (nSPS) is 21.2. The first kappa shape index (κ1) is 12.6. The van der Waals surface area contributed by atoms with Gasteiger partial charge >= 0.3 is 5.97 Å². The molecule has 2 rings (SSSR count). The quantitative estimate of drug-likeness (QED) is 0.614. The third-order valence-electron chi connectivity index (χ3n) is 2.58. The van der Waals surface area contributed by atoms with Crippen molar-refractivity contribution in [2.45, 2.75) is 25.7 Å². The van der Waals surface area contributed by atoms with Crippen molar-refractivity contribution in [2.75, 3.05) is 6.61 Å². The van der Waals surface area contributed by atoms with Crippen molar-refractivity contribution in [1.29, 1.82) is 0 Å². The third-order valence-corrected chi connectivity index (χ3v) is 2.58. The Morgan fingerprint density at radius 1 is 1.28 bits per heavy atom. The van der Waals surface area contributed by atoms with Gasteiger partial charge in [-0.2, -0.15) is 0 Å². The molecule has 2 atom stereocenters. The first-order chi connectivity index (χ1) is 8.72. The van der Waals surface area contributed by atoms with E-state index in [9.17, 15) is 9.59 Å². The predicted octanol–water partition coefficient (Wildman–Crippen LogP) is 0.633. The number of hydrogen-bond donors (Lipinski definition) is 1. The van der Waals surface area contributed by atoms with Crippen LogP contribution in [0.4, 0.5) is 0 Å². The molecule has 0 radical (unpaired) electrons. The zero-order chi connectivity index (χ0) is 13.0. The van der Waals surface area contributed by atoms with Crippen LogP contribution in [0.5, 0.6) is 0 Å². The second kappa shape index (κ2) is 5.64. The summed E-state index contributed by atoms with van der Waals surface area (Å²) in [6.45, 7) is 2.43. The molecule has 1 saturated heterocycles. The number of hydrogen-bond acceptors (Lipinski definition) is 4. The van der Waals surface area contributed by atoms with Crippen LogP contribution in [0.25, 0.3) is 0 Å². The van der Waals surface area contributed by atoms with E-state index in [0.29, 0.717) is 6.54 Å². The summed E-state index contributed by atoms with van der Waals surface area (Å²) in [4.78, 5) is 22.9. The van der Waals surface area contributed by atoms with Crippen LogP contribution in [-0.4, -0.2) is 30.7 Å². The fraction of sp³-hybridized carbons (Fsp3) is 0.385. The number of amides is 1. The van der Waals surface area contributed by atoms with Crippen molar-refractivity contribution in [3.05, 3.63) is 35.9 Å². The van der Waals surface area contributed by atoms with Crippen LogP contribution >= 0.6 is 0 Å². The van der Waals surface area contributed by atoms with Crippen LogP contribution < -0.4 is 5.32 Å². The van der Waals surface area contributed by atoms with E-state index in [-0.39, 0.29) is 12.5 Å². The molecule has 1 amide bonds. The predicted molar refractivity (Wildman–Crippen MR) is 63.6 cm³/mol. The molecule has 5 nitrogen and oxygen atoms in total. The molecule has 5 heteroatoms. The van der Waals surface area contributed by atoms with Crippen LogP contribution in [0.2, 0.25) is 0 Å². The number of esters is 1. The summed E-state index contributed by atoms with van der Waals surface area (Å²) in [6.07, 6.45) is -1.44. The summed E-state index contributed by atoms with van der Waals surface area (Å²) < 4.78 is 9.76. The van der Waals surface area contributed by atoms with E-state index < -0.39 is 18.2 Å². The lowest BCUT2D eigenvalue weighted by molar-refractivity contribution is -0.144. The topological polar surface area (TPSA) is 67.9 Å². The smallest absolute Gasteiger partial charge is 0.338 e. The Kier molecular flexibility index (Phi) is 3.94. The molecule has 0 aromatic heterocycles. The number of rotatable bonds is 5. The van der Waals surface area contributed by atoms with Crippen LogP contribution in [0, 0.1) is 0 Å². The SMILES string of the molecule is CCOC(=O)C1OC1C(=O)NCc1ccccc1. The van der Waals surface area contributed by atoms with Gasteiger partial charge in [-0.15, -0.1) is 0 Å². The van der Waals surface area contributed by atoms with Gasteiger partial charge in [-0.3, -0.25) is 4.79 Å². The second-order valence-corrected chi connectivity index (χ2v) is 3.93. The molecule has 0 spiro atoms. The Balaban J connectivity index is 1.76. The zero-order valence-electron chi connectivity index (χ0n) is 10.1. The van der Waals surface area contributed by atoms with E-state index in [0.717, 1.165) is 5.56 Å². The van der Waals surface area contributed by atoms with Crippen molar-refractivity contribution < 1.29 is 19.1 Å². The molecule has 2 unspecified atom stereocenters. The summed E-state index contributed by atoms with van der Waals surface area (Å²) in [7, 11) is 0. The number of carbonyl (C=O) groups is 2. The third kappa shape index (κ3) is 3.07. The first-order valence-electron chi connectivity index (χ1n) is 5.86. The van der Waals surface area contributed by atoms with E-state index in [1.165, 1.54) is 0 Å². The van der Waals surface area contributed by atoms with Gasteiger partial charge in [0, 0.05) is 6.54 Å². The molecule has 96 valence electrons. The van der Waals surface area contributed by atoms with Gasteiger partial charge in [-0.05, 0) is 12.5 Å². The highest BCUT2D eigenvalue weighted by atomic mass is 16.6. The molecule has 1 aliphatic rings. The van der Waals surface area contributed by atoms with Gasteiger partial charge in [0.2, 0.25) is 0 Å². The van der Waals surface area contributed by atoms with Gasteiger partial charge in [0.05, 0.1) is 6.61 Å². The average Bonchev–Trinajstić information content (AvgIpc) is 3.18. The fourth-order valence-corrected chi connectivity index (χ4v) is 1.60. The highest BCUT2D eigenvalue weighted by molar-refractivity contribution is 5.92. The minimum absolute atomic E-state index is 0.281. The Morgan fingerprint density at radius 3 is 2.67 bits per heavy atom. The van der Waals surface area contributed by atoms with Gasteiger partial charge in [-0.1, -0.05) is 30.3 Å². The lowest BCUT2D eigenvalue weighted by atomic mass is 10.2. The number of ether oxygens (including phenoxy) is 2. The van der Waals surface area contributed by atoms with Gasteiger partial charge < -0.3 is 14.8 Å². The van der Waals surface area contributed by atoms with E-state index in [1.54, 1.807) is 6.92 Å².